The van der Waals surface area contributed by atoms with Gasteiger partial charge in [0.15, 0.2) is 0 Å². The number of phosphoric ester groups is 1. The normalized spacial score (nSPS) is 37.0. The van der Waals surface area contributed by atoms with Crippen LogP contribution in [0.15, 0.2) is 0 Å². The van der Waals surface area contributed by atoms with E-state index in [9.17, 15) is 9.46 Å². The van der Waals surface area contributed by atoms with Crippen molar-refractivity contribution in [3.8, 4) is 0 Å². The molecule has 84 valence electrons. The summed E-state index contributed by atoms with van der Waals surface area (Å²) in [6, 6.07) is 0. The predicted molar refractivity (Wildman–Crippen MR) is 48.7 cm³/mol. The van der Waals surface area contributed by atoms with E-state index in [4.69, 9.17) is 9.26 Å². The summed E-state index contributed by atoms with van der Waals surface area (Å²) in [5.41, 5.74) is 0. The first kappa shape index (κ1) is 12.1. The third kappa shape index (κ3) is 3.04. The molecule has 5 nitrogen and oxygen atoms in total. The van der Waals surface area contributed by atoms with Gasteiger partial charge in [-0.05, 0) is 13.3 Å². The van der Waals surface area contributed by atoms with Crippen LogP contribution in [0.5, 0.6) is 0 Å². The maximum Gasteiger partial charge on any atom is 0.267 e. The smallest absolute Gasteiger partial charge is 0.267 e. The third-order valence-corrected chi connectivity index (χ3v) is 3.25. The van der Waals surface area contributed by atoms with Crippen molar-refractivity contribution in [3.05, 3.63) is 0 Å². The Morgan fingerprint density at radius 3 is 2.79 bits per heavy atom. The number of phosphoric acid groups is 1. The monoisotopic (exact) mass is 223 g/mol. The van der Waals surface area contributed by atoms with Gasteiger partial charge in [0, 0.05) is 13.5 Å². The summed E-state index contributed by atoms with van der Waals surface area (Å²) in [5.74, 6) is 0. The largest absolute Gasteiger partial charge is 0.756 e. The molecule has 4 atom stereocenters. The summed E-state index contributed by atoms with van der Waals surface area (Å²) < 4.78 is 25.6. The van der Waals surface area contributed by atoms with E-state index in [-0.39, 0.29) is 12.2 Å². The number of hydrogen-bond donors (Lipinski definition) is 0. The van der Waals surface area contributed by atoms with Gasteiger partial charge in [0.05, 0.1) is 18.3 Å². The Labute approximate surface area is 84.0 Å². The zero-order valence-corrected chi connectivity index (χ0v) is 9.53. The summed E-state index contributed by atoms with van der Waals surface area (Å²) >= 11 is 0. The molecule has 0 bridgehead atoms. The molecule has 0 amide bonds. The average Bonchev–Trinajstić information content (AvgIpc) is 2.45. The standard InChI is InChI=1S/C8H17O5P/c1-4-7-8(5-6(2)12-7)13-14(9,10)11-3/h6-8H,4-5H2,1-3H3,(H,9,10)/p-1. The molecular formula is C8H16O5P-. The van der Waals surface area contributed by atoms with E-state index in [0.29, 0.717) is 6.42 Å². The quantitative estimate of drug-likeness (QED) is 0.667. The highest BCUT2D eigenvalue weighted by Crippen LogP contribution is 2.42. The summed E-state index contributed by atoms with van der Waals surface area (Å²) in [4.78, 5) is 11.1. The van der Waals surface area contributed by atoms with Gasteiger partial charge in [-0.3, -0.25) is 4.57 Å². The van der Waals surface area contributed by atoms with E-state index in [1.807, 2.05) is 13.8 Å². The van der Waals surface area contributed by atoms with Gasteiger partial charge in [0.1, 0.15) is 0 Å². The third-order valence-electron chi connectivity index (χ3n) is 2.28. The van der Waals surface area contributed by atoms with Crippen molar-refractivity contribution >= 4 is 7.82 Å². The number of rotatable bonds is 4. The highest BCUT2D eigenvalue weighted by Gasteiger charge is 2.34. The fraction of sp³-hybridized carbons (Fsp3) is 1.00. The molecule has 1 fully saturated rings. The highest BCUT2D eigenvalue weighted by molar-refractivity contribution is 7.45. The maximum atomic E-state index is 11.1. The van der Waals surface area contributed by atoms with E-state index in [1.165, 1.54) is 0 Å². The number of hydrogen-bond acceptors (Lipinski definition) is 5. The zero-order valence-electron chi connectivity index (χ0n) is 8.63. The first-order valence-electron chi connectivity index (χ1n) is 4.69. The van der Waals surface area contributed by atoms with Crippen LogP contribution < -0.4 is 4.89 Å². The van der Waals surface area contributed by atoms with Gasteiger partial charge in [-0.2, -0.15) is 0 Å². The topological polar surface area (TPSA) is 67.8 Å². The number of ether oxygens (including phenoxy) is 1. The van der Waals surface area contributed by atoms with Gasteiger partial charge in [0.2, 0.25) is 0 Å². The van der Waals surface area contributed by atoms with Crippen molar-refractivity contribution in [2.24, 2.45) is 0 Å². The van der Waals surface area contributed by atoms with Crippen LogP contribution >= 0.6 is 7.82 Å². The van der Waals surface area contributed by atoms with Gasteiger partial charge in [-0.15, -0.1) is 0 Å². The molecule has 1 saturated heterocycles. The molecule has 1 aliphatic heterocycles. The SMILES string of the molecule is CCC1OC(C)CC1OP(=O)([O-])OC. The Balaban J connectivity index is 2.55. The maximum absolute atomic E-state index is 11.1. The molecular weight excluding hydrogens is 207 g/mol. The van der Waals surface area contributed by atoms with Gasteiger partial charge in [0.25, 0.3) is 7.82 Å². The van der Waals surface area contributed by atoms with Crippen molar-refractivity contribution in [2.45, 2.75) is 45.0 Å². The molecule has 0 radical (unpaired) electrons. The van der Waals surface area contributed by atoms with Gasteiger partial charge in [-0.25, -0.2) is 0 Å². The lowest BCUT2D eigenvalue weighted by Gasteiger charge is -2.26. The van der Waals surface area contributed by atoms with Gasteiger partial charge < -0.3 is 18.7 Å². The van der Waals surface area contributed by atoms with Gasteiger partial charge >= 0.3 is 0 Å². The Hall–Kier alpha value is 0.0700. The second-order valence-electron chi connectivity index (χ2n) is 3.40. The van der Waals surface area contributed by atoms with Crippen LogP contribution in [0.1, 0.15) is 26.7 Å². The molecule has 0 aromatic rings. The first-order valence-corrected chi connectivity index (χ1v) is 6.15. The molecule has 0 saturated carbocycles. The summed E-state index contributed by atoms with van der Waals surface area (Å²) in [7, 11) is -3.04. The molecule has 1 heterocycles. The molecule has 0 aromatic heterocycles. The lowest BCUT2D eigenvalue weighted by atomic mass is 10.1. The molecule has 0 N–H and O–H groups in total. The van der Waals surface area contributed by atoms with Crippen LogP contribution in [-0.4, -0.2) is 25.4 Å². The fourth-order valence-electron chi connectivity index (χ4n) is 1.60. The van der Waals surface area contributed by atoms with E-state index in [1.54, 1.807) is 0 Å². The average molecular weight is 223 g/mol. The molecule has 14 heavy (non-hydrogen) atoms. The van der Waals surface area contributed by atoms with Crippen molar-refractivity contribution in [1.82, 2.24) is 0 Å². The van der Waals surface area contributed by atoms with E-state index >= 15 is 0 Å². The highest BCUT2D eigenvalue weighted by atomic mass is 31.2. The summed E-state index contributed by atoms with van der Waals surface area (Å²) in [6.45, 7) is 3.83. The van der Waals surface area contributed by atoms with Crippen LogP contribution in [0.25, 0.3) is 0 Å². The second-order valence-corrected chi connectivity index (χ2v) is 4.87. The molecule has 6 heteroatoms. The minimum Gasteiger partial charge on any atom is -0.756 e. The molecule has 1 rings (SSSR count). The summed E-state index contributed by atoms with van der Waals surface area (Å²) in [6.07, 6.45) is 0.815. The Morgan fingerprint density at radius 2 is 2.29 bits per heavy atom. The van der Waals surface area contributed by atoms with Gasteiger partial charge in [-0.1, -0.05) is 6.92 Å². The molecule has 0 aromatic carbocycles. The minimum atomic E-state index is -4.13. The molecule has 0 aliphatic carbocycles. The molecule has 4 unspecified atom stereocenters. The lowest BCUT2D eigenvalue weighted by molar-refractivity contribution is -0.228. The van der Waals surface area contributed by atoms with Crippen LogP contribution in [0.4, 0.5) is 0 Å². The van der Waals surface area contributed by atoms with Crippen molar-refractivity contribution < 1.29 is 23.2 Å². The predicted octanol–water partition coefficient (Wildman–Crippen LogP) is 1.07. The van der Waals surface area contributed by atoms with Crippen molar-refractivity contribution in [3.63, 3.8) is 0 Å². The Kier molecular flexibility index (Phi) is 4.10. The van der Waals surface area contributed by atoms with E-state index < -0.39 is 13.9 Å². The lowest BCUT2D eigenvalue weighted by Crippen LogP contribution is -2.25. The Bertz CT molecular complexity index is 232. The van der Waals surface area contributed by atoms with Crippen molar-refractivity contribution in [1.29, 1.82) is 0 Å². The van der Waals surface area contributed by atoms with Crippen LogP contribution in [0.2, 0.25) is 0 Å². The molecule has 1 aliphatic rings. The molecule has 0 spiro atoms. The van der Waals surface area contributed by atoms with Crippen LogP contribution in [-0.2, 0) is 18.3 Å². The van der Waals surface area contributed by atoms with Crippen LogP contribution in [0.3, 0.4) is 0 Å². The fourth-order valence-corrected chi connectivity index (χ4v) is 2.24. The summed E-state index contributed by atoms with van der Waals surface area (Å²) in [5, 5.41) is 0. The van der Waals surface area contributed by atoms with Crippen molar-refractivity contribution in [2.75, 3.05) is 7.11 Å². The first-order chi connectivity index (χ1) is 6.48. The van der Waals surface area contributed by atoms with E-state index in [0.717, 1.165) is 13.5 Å². The van der Waals surface area contributed by atoms with E-state index in [2.05, 4.69) is 4.52 Å². The second kappa shape index (κ2) is 4.73. The minimum absolute atomic E-state index is 0.0433. The Morgan fingerprint density at radius 1 is 1.64 bits per heavy atom. The zero-order chi connectivity index (χ0) is 10.8. The van der Waals surface area contributed by atoms with Crippen LogP contribution in [0, 0.1) is 0 Å².